The first-order valence-electron chi connectivity index (χ1n) is 6.84. The molecule has 2 amide bonds. The van der Waals surface area contributed by atoms with Crippen LogP contribution >= 0.6 is 0 Å². The minimum atomic E-state index is -0.134. The van der Waals surface area contributed by atoms with Crippen molar-refractivity contribution in [1.82, 2.24) is 0 Å². The van der Waals surface area contributed by atoms with Gasteiger partial charge in [0.05, 0.1) is 0 Å². The van der Waals surface area contributed by atoms with Gasteiger partial charge in [-0.3, -0.25) is 9.59 Å². The molecular weight excluding hydrogens is 254 g/mol. The third-order valence-electron chi connectivity index (χ3n) is 3.22. The maximum absolute atomic E-state index is 11.9. The normalized spacial score (nSPS) is 11.8. The lowest BCUT2D eigenvalue weighted by Gasteiger charge is -2.13. The fourth-order valence-corrected chi connectivity index (χ4v) is 1.89. The highest BCUT2D eigenvalue weighted by molar-refractivity contribution is 5.94. The lowest BCUT2D eigenvalue weighted by Crippen LogP contribution is -2.21. The van der Waals surface area contributed by atoms with Crippen molar-refractivity contribution < 1.29 is 9.59 Å². The summed E-state index contributed by atoms with van der Waals surface area (Å²) >= 11 is 0. The molecule has 1 atom stereocenters. The Morgan fingerprint density at radius 3 is 2.55 bits per heavy atom. The van der Waals surface area contributed by atoms with Crippen molar-refractivity contribution >= 4 is 23.2 Å². The molecule has 5 nitrogen and oxygen atoms in total. The van der Waals surface area contributed by atoms with Crippen LogP contribution in [0.3, 0.4) is 0 Å². The molecule has 0 bridgehead atoms. The van der Waals surface area contributed by atoms with Gasteiger partial charge in [-0.2, -0.15) is 0 Å². The Morgan fingerprint density at radius 2 is 2.00 bits per heavy atom. The first kappa shape index (κ1) is 16.2. The van der Waals surface area contributed by atoms with Crippen molar-refractivity contribution in [1.29, 1.82) is 0 Å². The van der Waals surface area contributed by atoms with E-state index < -0.39 is 0 Å². The van der Waals surface area contributed by atoms with Gasteiger partial charge < -0.3 is 16.4 Å². The summed E-state index contributed by atoms with van der Waals surface area (Å²) in [7, 11) is 0. The summed E-state index contributed by atoms with van der Waals surface area (Å²) in [6.45, 7) is 5.89. The number of rotatable bonds is 6. The molecule has 4 N–H and O–H groups in total. The molecule has 5 heteroatoms. The fourth-order valence-electron chi connectivity index (χ4n) is 1.89. The van der Waals surface area contributed by atoms with Gasteiger partial charge in [-0.25, -0.2) is 0 Å². The van der Waals surface area contributed by atoms with Crippen LogP contribution in [-0.4, -0.2) is 18.4 Å². The van der Waals surface area contributed by atoms with Crippen LogP contribution in [-0.2, 0) is 9.59 Å². The average Bonchev–Trinajstić information content (AvgIpc) is 2.39. The van der Waals surface area contributed by atoms with Gasteiger partial charge in [0, 0.05) is 24.7 Å². The number of benzene rings is 1. The fraction of sp³-hybridized carbons (Fsp3) is 0.467. The quantitative estimate of drug-likeness (QED) is 0.745. The van der Waals surface area contributed by atoms with Crippen LogP contribution in [0.4, 0.5) is 11.4 Å². The van der Waals surface area contributed by atoms with E-state index in [2.05, 4.69) is 10.6 Å². The lowest BCUT2D eigenvalue weighted by atomic mass is 10.0. The Kier molecular flexibility index (Phi) is 6.18. The zero-order chi connectivity index (χ0) is 15.1. The largest absolute Gasteiger partial charge is 0.330 e. The Labute approximate surface area is 119 Å². The molecule has 0 saturated heterocycles. The van der Waals surface area contributed by atoms with E-state index in [1.165, 1.54) is 6.92 Å². The molecule has 1 aromatic carbocycles. The Hall–Kier alpha value is -1.88. The van der Waals surface area contributed by atoms with Crippen LogP contribution in [0, 0.1) is 12.8 Å². The molecule has 20 heavy (non-hydrogen) atoms. The number of hydrogen-bond donors (Lipinski definition) is 3. The summed E-state index contributed by atoms with van der Waals surface area (Å²) in [6, 6.07) is 5.45. The third-order valence-corrected chi connectivity index (χ3v) is 3.22. The molecular formula is C15H23N3O2. The van der Waals surface area contributed by atoms with E-state index in [1.54, 1.807) is 6.07 Å². The van der Waals surface area contributed by atoms with Crippen molar-refractivity contribution in [2.24, 2.45) is 11.7 Å². The highest BCUT2D eigenvalue weighted by atomic mass is 16.2. The third kappa shape index (κ3) is 5.01. The van der Waals surface area contributed by atoms with Gasteiger partial charge in [-0.1, -0.05) is 19.4 Å². The standard InChI is InChI=1S/C15H23N3O2/c1-4-12(9-16)7-15(20)18-13-6-5-10(2)14(8-13)17-11(3)19/h5-6,8,12H,4,7,9,16H2,1-3H3,(H,17,19)(H,18,20). The molecule has 0 aliphatic heterocycles. The van der Waals surface area contributed by atoms with Gasteiger partial charge >= 0.3 is 0 Å². The molecule has 1 unspecified atom stereocenters. The summed E-state index contributed by atoms with van der Waals surface area (Å²) in [5, 5.41) is 5.58. The molecule has 1 rings (SSSR count). The number of carbonyl (C=O) groups excluding carboxylic acids is 2. The Morgan fingerprint density at radius 1 is 1.30 bits per heavy atom. The molecule has 0 saturated carbocycles. The maximum Gasteiger partial charge on any atom is 0.224 e. The monoisotopic (exact) mass is 277 g/mol. The summed E-state index contributed by atoms with van der Waals surface area (Å²) in [5.74, 6) is 0.0148. The van der Waals surface area contributed by atoms with Crippen molar-refractivity contribution in [3.8, 4) is 0 Å². The van der Waals surface area contributed by atoms with Gasteiger partial charge in [-0.15, -0.1) is 0 Å². The van der Waals surface area contributed by atoms with Crippen molar-refractivity contribution in [3.05, 3.63) is 23.8 Å². The molecule has 0 fully saturated rings. The van der Waals surface area contributed by atoms with Crippen molar-refractivity contribution in [2.45, 2.75) is 33.6 Å². The molecule has 110 valence electrons. The SMILES string of the molecule is CCC(CN)CC(=O)Nc1ccc(C)c(NC(C)=O)c1. The number of amides is 2. The molecule has 0 aliphatic rings. The second kappa shape index (κ2) is 7.65. The zero-order valence-corrected chi connectivity index (χ0v) is 12.3. The van der Waals surface area contributed by atoms with Gasteiger partial charge in [-0.05, 0) is 37.1 Å². The van der Waals surface area contributed by atoms with E-state index in [9.17, 15) is 9.59 Å². The molecule has 0 radical (unpaired) electrons. The van der Waals surface area contributed by atoms with Gasteiger partial charge in [0.25, 0.3) is 0 Å². The summed E-state index contributed by atoms with van der Waals surface area (Å²) in [5.41, 5.74) is 7.93. The lowest BCUT2D eigenvalue weighted by molar-refractivity contribution is -0.117. The Balaban J connectivity index is 2.72. The predicted molar refractivity (Wildman–Crippen MR) is 81.6 cm³/mol. The number of hydrogen-bond acceptors (Lipinski definition) is 3. The molecule has 0 heterocycles. The second-order valence-corrected chi connectivity index (χ2v) is 4.97. The molecule has 0 aliphatic carbocycles. The smallest absolute Gasteiger partial charge is 0.224 e. The van der Waals surface area contributed by atoms with Crippen molar-refractivity contribution in [3.63, 3.8) is 0 Å². The molecule has 0 aromatic heterocycles. The number of aryl methyl sites for hydroxylation is 1. The zero-order valence-electron chi connectivity index (χ0n) is 12.3. The van der Waals surface area contributed by atoms with E-state index in [4.69, 9.17) is 5.73 Å². The number of nitrogens with one attached hydrogen (secondary N) is 2. The van der Waals surface area contributed by atoms with E-state index in [0.717, 1.165) is 12.0 Å². The van der Waals surface area contributed by atoms with Crippen LogP contribution in [0.1, 0.15) is 32.3 Å². The van der Waals surface area contributed by atoms with E-state index in [1.807, 2.05) is 26.0 Å². The summed E-state index contributed by atoms with van der Waals surface area (Å²) in [4.78, 5) is 23.0. The second-order valence-electron chi connectivity index (χ2n) is 4.97. The van der Waals surface area contributed by atoms with Gasteiger partial charge in [0.1, 0.15) is 0 Å². The van der Waals surface area contributed by atoms with Crippen LogP contribution in [0.15, 0.2) is 18.2 Å². The van der Waals surface area contributed by atoms with Crippen LogP contribution < -0.4 is 16.4 Å². The first-order chi connectivity index (χ1) is 9.46. The first-order valence-corrected chi connectivity index (χ1v) is 6.84. The van der Waals surface area contributed by atoms with Crippen LogP contribution in [0.2, 0.25) is 0 Å². The minimum absolute atomic E-state index is 0.0556. The number of carbonyl (C=O) groups is 2. The molecule has 0 spiro atoms. The predicted octanol–water partition coefficient (Wildman–Crippen LogP) is 2.27. The van der Waals surface area contributed by atoms with Crippen LogP contribution in [0.5, 0.6) is 0 Å². The van der Waals surface area contributed by atoms with E-state index in [0.29, 0.717) is 24.3 Å². The Bertz CT molecular complexity index is 482. The average molecular weight is 277 g/mol. The number of anilines is 2. The summed E-state index contributed by atoms with van der Waals surface area (Å²) in [6.07, 6.45) is 1.30. The van der Waals surface area contributed by atoms with Crippen LogP contribution in [0.25, 0.3) is 0 Å². The highest BCUT2D eigenvalue weighted by Crippen LogP contribution is 2.21. The van der Waals surface area contributed by atoms with E-state index >= 15 is 0 Å². The van der Waals surface area contributed by atoms with E-state index in [-0.39, 0.29) is 17.7 Å². The topological polar surface area (TPSA) is 84.2 Å². The number of nitrogens with two attached hydrogens (primary N) is 1. The van der Waals surface area contributed by atoms with Crippen molar-refractivity contribution in [2.75, 3.05) is 17.2 Å². The van der Waals surface area contributed by atoms with Gasteiger partial charge in [0.15, 0.2) is 0 Å². The maximum atomic E-state index is 11.9. The van der Waals surface area contributed by atoms with Gasteiger partial charge in [0.2, 0.25) is 11.8 Å². The summed E-state index contributed by atoms with van der Waals surface area (Å²) < 4.78 is 0. The molecule has 1 aromatic rings. The minimum Gasteiger partial charge on any atom is -0.330 e. The highest BCUT2D eigenvalue weighted by Gasteiger charge is 2.11.